The normalized spacial score (nSPS) is 28.5. The molecule has 1 aromatic carbocycles. The summed E-state index contributed by atoms with van der Waals surface area (Å²) in [7, 11) is 0. The molecule has 3 heterocycles. The van der Waals surface area contributed by atoms with Gasteiger partial charge in [-0.2, -0.15) is 0 Å². The molecule has 2 N–H and O–H groups in total. The molecule has 9 heteroatoms. The zero-order valence-corrected chi connectivity index (χ0v) is 23.0. The van der Waals surface area contributed by atoms with Crippen LogP contribution in [0.15, 0.2) is 55.0 Å². The Morgan fingerprint density at radius 1 is 0.975 bits per heavy atom. The van der Waals surface area contributed by atoms with E-state index >= 15 is 0 Å². The van der Waals surface area contributed by atoms with Crippen LogP contribution in [-0.2, 0) is 0 Å². The van der Waals surface area contributed by atoms with E-state index in [0.717, 1.165) is 60.5 Å². The van der Waals surface area contributed by atoms with Gasteiger partial charge in [-0.1, -0.05) is 12.1 Å². The van der Waals surface area contributed by atoms with Crippen molar-refractivity contribution >= 4 is 23.4 Å². The first-order chi connectivity index (χ1) is 19.3. The molecule has 3 unspecified atom stereocenters. The predicted octanol–water partition coefficient (Wildman–Crippen LogP) is 4.93. The minimum atomic E-state index is -0.507. The topological polar surface area (TPSA) is 104 Å². The fraction of sp³-hybridized carbons (Fsp3) is 0.484. The van der Waals surface area contributed by atoms with E-state index in [1.54, 1.807) is 18.6 Å². The van der Waals surface area contributed by atoms with Gasteiger partial charge in [0.25, 0.3) is 0 Å². The van der Waals surface area contributed by atoms with Crippen LogP contribution < -0.4 is 19.9 Å². The summed E-state index contributed by atoms with van der Waals surface area (Å²) in [5.41, 5.74) is 2.86. The molecule has 2 aromatic heterocycles. The van der Waals surface area contributed by atoms with E-state index in [0.29, 0.717) is 36.8 Å². The number of amides is 2. The van der Waals surface area contributed by atoms with E-state index in [1.807, 2.05) is 55.1 Å². The lowest BCUT2D eigenvalue weighted by molar-refractivity contribution is -0.136. The van der Waals surface area contributed by atoms with Gasteiger partial charge in [-0.25, -0.2) is 14.8 Å². The summed E-state index contributed by atoms with van der Waals surface area (Å²) in [5, 5.41) is 14.3. The molecule has 4 fully saturated rings. The molecule has 4 bridgehead atoms. The van der Waals surface area contributed by atoms with Crippen molar-refractivity contribution < 1.29 is 14.6 Å². The van der Waals surface area contributed by atoms with Crippen molar-refractivity contribution in [2.45, 2.75) is 63.7 Å². The molecular formula is C31H36N6O3. The number of fused-ring (bicyclic) bond motifs is 1. The van der Waals surface area contributed by atoms with Gasteiger partial charge in [0.15, 0.2) is 0 Å². The summed E-state index contributed by atoms with van der Waals surface area (Å²) in [5.74, 6) is 2.68. The fourth-order valence-electron chi connectivity index (χ4n) is 7.70. The Labute approximate surface area is 234 Å². The lowest BCUT2D eigenvalue weighted by Gasteiger charge is -2.58. The molecule has 208 valence electrons. The third kappa shape index (κ3) is 4.56. The summed E-state index contributed by atoms with van der Waals surface area (Å²) in [4.78, 5) is 31.4. The van der Waals surface area contributed by atoms with Crippen LogP contribution >= 0.6 is 0 Å². The maximum Gasteiger partial charge on any atom is 0.322 e. The van der Waals surface area contributed by atoms with Crippen LogP contribution in [0.1, 0.15) is 46.0 Å². The van der Waals surface area contributed by atoms with E-state index in [2.05, 4.69) is 25.2 Å². The number of carbonyl (C=O) groups is 1. The Bertz CT molecular complexity index is 1380. The van der Waals surface area contributed by atoms with Gasteiger partial charge >= 0.3 is 6.03 Å². The maximum absolute atomic E-state index is 13.6. The molecule has 3 aromatic rings. The molecule has 1 aliphatic heterocycles. The van der Waals surface area contributed by atoms with Crippen molar-refractivity contribution in [3.05, 3.63) is 55.0 Å². The molecular weight excluding hydrogens is 504 g/mol. The number of nitrogens with zero attached hydrogens (tertiary/aromatic N) is 5. The number of aromatic nitrogens is 3. The Morgan fingerprint density at radius 3 is 2.35 bits per heavy atom. The van der Waals surface area contributed by atoms with Crippen molar-refractivity contribution in [3.8, 4) is 17.0 Å². The molecule has 40 heavy (non-hydrogen) atoms. The fourth-order valence-corrected chi connectivity index (χ4v) is 7.70. The third-order valence-corrected chi connectivity index (χ3v) is 9.07. The first-order valence-electron chi connectivity index (χ1n) is 14.5. The Hall–Kier alpha value is -3.72. The average Bonchev–Trinajstić information content (AvgIpc) is 2.94. The molecule has 5 atom stereocenters. The van der Waals surface area contributed by atoms with Gasteiger partial charge in [0, 0.05) is 37.1 Å². The van der Waals surface area contributed by atoms with E-state index in [1.165, 1.54) is 0 Å². The molecule has 0 spiro atoms. The van der Waals surface area contributed by atoms with Crippen LogP contribution in [0.3, 0.4) is 0 Å². The largest absolute Gasteiger partial charge is 0.489 e. The summed E-state index contributed by atoms with van der Waals surface area (Å²) in [6.45, 7) is 5.09. The number of hydrogen-bond donors (Lipinski definition) is 2. The number of nitrogens with one attached hydrogen (secondary N) is 1. The first kappa shape index (κ1) is 25.3. The van der Waals surface area contributed by atoms with Gasteiger partial charge in [0.05, 0.1) is 35.0 Å². The summed E-state index contributed by atoms with van der Waals surface area (Å²) in [6, 6.07) is 11.8. The number of rotatable bonds is 5. The Morgan fingerprint density at radius 2 is 1.70 bits per heavy atom. The van der Waals surface area contributed by atoms with Crippen LogP contribution in [0.2, 0.25) is 0 Å². The highest BCUT2D eigenvalue weighted by Crippen LogP contribution is 2.55. The smallest absolute Gasteiger partial charge is 0.322 e. The van der Waals surface area contributed by atoms with Crippen molar-refractivity contribution in [1.82, 2.24) is 20.3 Å². The van der Waals surface area contributed by atoms with Gasteiger partial charge in [-0.15, -0.1) is 0 Å². The second kappa shape index (κ2) is 9.73. The highest BCUT2D eigenvalue weighted by Gasteiger charge is 2.55. The monoisotopic (exact) mass is 540 g/mol. The van der Waals surface area contributed by atoms with Crippen molar-refractivity contribution in [2.75, 3.05) is 22.9 Å². The standard InChI is InChI=1S/C31H36N6O3/c1-19(2)40-24-7-8-25(32-18-24)23-16-33-29(34-17-23)36-9-10-37(27-6-4-3-5-26(27)36)30(38)35-28-21-11-20-12-22(28)15-31(39,13-20)14-21/h3-8,16-22,28,39H,9-15H2,1-2H3,(H,35,38)/t20?,21-,22+,28?,31?. The van der Waals surface area contributed by atoms with Crippen LogP contribution in [0, 0.1) is 17.8 Å². The molecule has 9 nitrogen and oxygen atoms in total. The van der Waals surface area contributed by atoms with Crippen LogP contribution in [0.25, 0.3) is 11.3 Å². The molecule has 8 rings (SSSR count). The molecule has 0 radical (unpaired) electrons. The molecule has 4 saturated carbocycles. The van der Waals surface area contributed by atoms with Gasteiger partial charge in [-0.05, 0) is 88.0 Å². The van der Waals surface area contributed by atoms with Crippen molar-refractivity contribution in [3.63, 3.8) is 0 Å². The quantitative estimate of drug-likeness (QED) is 0.473. The molecule has 2 amide bonds. The molecule has 4 aliphatic carbocycles. The lowest BCUT2D eigenvalue weighted by atomic mass is 9.52. The average molecular weight is 541 g/mol. The number of benzene rings is 1. The van der Waals surface area contributed by atoms with Gasteiger partial charge in [0.1, 0.15) is 5.75 Å². The van der Waals surface area contributed by atoms with E-state index < -0.39 is 5.60 Å². The van der Waals surface area contributed by atoms with E-state index in [-0.39, 0.29) is 18.2 Å². The van der Waals surface area contributed by atoms with Crippen molar-refractivity contribution in [2.24, 2.45) is 17.8 Å². The van der Waals surface area contributed by atoms with Crippen LogP contribution in [0.5, 0.6) is 5.75 Å². The van der Waals surface area contributed by atoms with E-state index in [4.69, 9.17) is 4.74 Å². The number of anilines is 3. The minimum Gasteiger partial charge on any atom is -0.489 e. The van der Waals surface area contributed by atoms with Gasteiger partial charge in [-0.3, -0.25) is 9.88 Å². The van der Waals surface area contributed by atoms with Gasteiger partial charge in [0.2, 0.25) is 5.95 Å². The number of ether oxygens (including phenoxy) is 1. The number of pyridine rings is 1. The zero-order chi connectivity index (χ0) is 27.4. The Balaban J connectivity index is 1.07. The molecule has 5 aliphatic rings. The van der Waals surface area contributed by atoms with Gasteiger partial charge < -0.3 is 20.1 Å². The minimum absolute atomic E-state index is 0.0520. The predicted molar refractivity (Wildman–Crippen MR) is 153 cm³/mol. The third-order valence-electron chi connectivity index (χ3n) is 9.07. The number of para-hydroxylation sites is 2. The highest BCUT2D eigenvalue weighted by atomic mass is 16.5. The molecule has 0 saturated heterocycles. The highest BCUT2D eigenvalue weighted by molar-refractivity contribution is 5.97. The SMILES string of the molecule is CC(C)Oc1ccc(-c2cnc(N3CCN(C(=O)NC4[C@@H]5CC6C[C@H]4CC(O)(C6)C5)c4ccccc43)nc2)nc1. The number of hydrogen-bond acceptors (Lipinski definition) is 7. The lowest BCUT2D eigenvalue weighted by Crippen LogP contribution is -2.63. The summed E-state index contributed by atoms with van der Waals surface area (Å²) >= 11 is 0. The number of urea groups is 1. The summed E-state index contributed by atoms with van der Waals surface area (Å²) in [6.07, 6.45) is 10.2. The zero-order valence-electron chi connectivity index (χ0n) is 23.0. The number of aliphatic hydroxyl groups is 1. The number of carbonyl (C=O) groups excluding carboxylic acids is 1. The van der Waals surface area contributed by atoms with Crippen LogP contribution in [-0.4, -0.2) is 56.9 Å². The second-order valence-corrected chi connectivity index (χ2v) is 12.3. The first-order valence-corrected chi connectivity index (χ1v) is 14.5. The maximum atomic E-state index is 13.6. The Kier molecular flexibility index (Phi) is 6.14. The van der Waals surface area contributed by atoms with E-state index in [9.17, 15) is 9.90 Å². The summed E-state index contributed by atoms with van der Waals surface area (Å²) < 4.78 is 5.69. The van der Waals surface area contributed by atoms with Crippen LogP contribution in [0.4, 0.5) is 22.1 Å². The van der Waals surface area contributed by atoms with Crippen molar-refractivity contribution in [1.29, 1.82) is 0 Å². The second-order valence-electron chi connectivity index (χ2n) is 12.3.